The van der Waals surface area contributed by atoms with Crippen LogP contribution in [0.3, 0.4) is 0 Å². The van der Waals surface area contributed by atoms with Crippen molar-refractivity contribution in [1.82, 2.24) is 14.6 Å². The van der Waals surface area contributed by atoms with Gasteiger partial charge in [-0.05, 0) is 30.2 Å². The fourth-order valence-electron chi connectivity index (χ4n) is 2.09. The molecule has 1 aromatic carbocycles. The Labute approximate surface area is 143 Å². The molecule has 0 saturated carbocycles. The number of benzene rings is 1. The van der Waals surface area contributed by atoms with E-state index in [2.05, 4.69) is 23.8 Å². The average Bonchev–Trinajstić information content (AvgIpc) is 2.90. The summed E-state index contributed by atoms with van der Waals surface area (Å²) in [5.74, 6) is -2.31. The summed E-state index contributed by atoms with van der Waals surface area (Å²) in [6.07, 6.45) is 0.880. The average molecular weight is 362 g/mol. The van der Waals surface area contributed by atoms with E-state index in [-0.39, 0.29) is 12.2 Å². The van der Waals surface area contributed by atoms with Gasteiger partial charge in [0.15, 0.2) is 11.6 Å². The monoisotopic (exact) mass is 361 g/mol. The number of hydrogen-bond donors (Lipinski definition) is 1. The summed E-state index contributed by atoms with van der Waals surface area (Å²) in [6.45, 7) is 4.90. The highest BCUT2D eigenvalue weighted by atomic mass is 35.5. The van der Waals surface area contributed by atoms with E-state index in [0.29, 0.717) is 36.6 Å². The molecule has 0 unspecified atom stereocenters. The van der Waals surface area contributed by atoms with Crippen molar-refractivity contribution in [2.75, 3.05) is 0 Å². The minimum atomic E-state index is -1.23. The van der Waals surface area contributed by atoms with E-state index >= 15 is 0 Å². The molecule has 8 heteroatoms. The molecule has 0 aliphatic carbocycles. The zero-order valence-corrected chi connectivity index (χ0v) is 14.2. The normalized spacial score (nSPS) is 11.3. The number of nitrogens with zero attached hydrogens (tertiary/aromatic N) is 2. The van der Waals surface area contributed by atoms with E-state index in [1.54, 1.807) is 10.7 Å². The van der Waals surface area contributed by atoms with Crippen LogP contribution in [0.4, 0.5) is 13.2 Å². The van der Waals surface area contributed by atoms with E-state index in [1.165, 1.54) is 0 Å². The van der Waals surface area contributed by atoms with Crippen LogP contribution in [-0.2, 0) is 19.7 Å². The third-order valence-corrected chi connectivity index (χ3v) is 3.56. The predicted molar refractivity (Wildman–Crippen MR) is 85.0 cm³/mol. The molecule has 0 atom stereocenters. The molecule has 0 aliphatic rings. The van der Waals surface area contributed by atoms with Gasteiger partial charge in [0.1, 0.15) is 12.4 Å². The Morgan fingerprint density at radius 1 is 1.17 bits per heavy atom. The van der Waals surface area contributed by atoms with Gasteiger partial charge in [-0.15, -0.1) is 0 Å². The highest BCUT2D eigenvalue weighted by molar-refractivity contribution is 6.13. The minimum Gasteiger partial charge on any atom is -0.473 e. The van der Waals surface area contributed by atoms with Crippen molar-refractivity contribution < 1.29 is 17.9 Å². The largest absolute Gasteiger partial charge is 0.473 e. The Morgan fingerprint density at radius 2 is 1.88 bits per heavy atom. The summed E-state index contributed by atoms with van der Waals surface area (Å²) in [6, 6.07) is 2.97. The van der Waals surface area contributed by atoms with Crippen LogP contribution in [0.1, 0.15) is 31.5 Å². The molecule has 1 heterocycles. The molecule has 0 amide bonds. The van der Waals surface area contributed by atoms with Gasteiger partial charge in [-0.3, -0.25) is 0 Å². The molecule has 24 heavy (non-hydrogen) atoms. The lowest BCUT2D eigenvalue weighted by Crippen LogP contribution is -2.09. The van der Waals surface area contributed by atoms with Crippen molar-refractivity contribution in [3.05, 3.63) is 46.9 Å². The van der Waals surface area contributed by atoms with Gasteiger partial charge in [-0.25, -0.2) is 22.7 Å². The first-order chi connectivity index (χ1) is 11.4. The Kier molecular flexibility index (Phi) is 6.51. The smallest absolute Gasteiger partial charge is 0.212 e. The second kappa shape index (κ2) is 8.39. The first-order valence-corrected chi connectivity index (χ1v) is 7.95. The van der Waals surface area contributed by atoms with Crippen molar-refractivity contribution in [1.29, 1.82) is 0 Å². The molecule has 1 N–H and O–H groups in total. The maximum atomic E-state index is 13.7. The molecule has 0 fully saturated rings. The minimum absolute atomic E-state index is 0.0671. The van der Waals surface area contributed by atoms with Gasteiger partial charge >= 0.3 is 0 Å². The van der Waals surface area contributed by atoms with E-state index in [4.69, 9.17) is 16.5 Å². The zero-order valence-electron chi connectivity index (χ0n) is 13.5. The van der Waals surface area contributed by atoms with Crippen LogP contribution in [0.15, 0.2) is 18.2 Å². The molecule has 4 nitrogen and oxygen atoms in total. The van der Waals surface area contributed by atoms with Gasteiger partial charge in [-0.2, -0.15) is 5.10 Å². The second-order valence-electron chi connectivity index (χ2n) is 5.84. The van der Waals surface area contributed by atoms with Gasteiger partial charge in [0.25, 0.3) is 0 Å². The quantitative estimate of drug-likeness (QED) is 0.566. The number of rotatable bonds is 8. The molecule has 0 bridgehead atoms. The Bertz CT molecular complexity index is 691. The van der Waals surface area contributed by atoms with E-state index in [9.17, 15) is 13.2 Å². The van der Waals surface area contributed by atoms with Crippen LogP contribution in [0.25, 0.3) is 0 Å². The number of hydrogen-bond acceptors (Lipinski definition) is 3. The van der Waals surface area contributed by atoms with Gasteiger partial charge < -0.3 is 4.74 Å². The van der Waals surface area contributed by atoms with Gasteiger partial charge in [0, 0.05) is 24.2 Å². The van der Waals surface area contributed by atoms with Gasteiger partial charge in [-0.1, -0.05) is 13.8 Å². The van der Waals surface area contributed by atoms with E-state index in [0.717, 1.165) is 12.5 Å². The summed E-state index contributed by atoms with van der Waals surface area (Å²) in [7, 11) is 0. The third kappa shape index (κ3) is 4.88. The summed E-state index contributed by atoms with van der Waals surface area (Å²) >= 11 is 5.48. The molecule has 1 aromatic heterocycles. The molecule has 0 radical (unpaired) electrons. The first kappa shape index (κ1) is 18.6. The Balaban J connectivity index is 2.14. The molecule has 2 aromatic rings. The first-order valence-electron chi connectivity index (χ1n) is 7.57. The van der Waals surface area contributed by atoms with Crippen LogP contribution in [0, 0.1) is 23.4 Å². The van der Waals surface area contributed by atoms with Crippen molar-refractivity contribution >= 4 is 11.8 Å². The highest BCUT2D eigenvalue weighted by Crippen LogP contribution is 2.20. The van der Waals surface area contributed by atoms with Crippen molar-refractivity contribution in [3.63, 3.8) is 0 Å². The van der Waals surface area contributed by atoms with E-state index < -0.39 is 17.5 Å². The van der Waals surface area contributed by atoms with Gasteiger partial charge in [0.2, 0.25) is 5.88 Å². The molecule has 132 valence electrons. The number of ether oxygens (including phenoxy) is 1. The van der Waals surface area contributed by atoms with Crippen LogP contribution in [-0.4, -0.2) is 9.78 Å². The molecular weight excluding hydrogens is 343 g/mol. The van der Waals surface area contributed by atoms with Crippen LogP contribution < -0.4 is 9.57 Å². The number of aromatic nitrogens is 2. The summed E-state index contributed by atoms with van der Waals surface area (Å²) in [4.78, 5) is 2.48. The highest BCUT2D eigenvalue weighted by Gasteiger charge is 2.13. The van der Waals surface area contributed by atoms with Crippen LogP contribution >= 0.6 is 11.8 Å². The fraction of sp³-hybridized carbons (Fsp3) is 0.438. The predicted octanol–water partition coefficient (Wildman–Crippen LogP) is 4.17. The Hall–Kier alpha value is -1.73. The number of nitrogens with one attached hydrogen (secondary N) is 1. The lowest BCUT2D eigenvalue weighted by atomic mass is 10.1. The maximum absolute atomic E-state index is 13.7. The van der Waals surface area contributed by atoms with E-state index in [1.807, 2.05) is 0 Å². The van der Waals surface area contributed by atoms with Crippen LogP contribution in [0.5, 0.6) is 5.88 Å². The SMILES string of the molecule is CC(C)CCn1nc(CNCl)cc1OCc1cc(F)c(F)cc1F. The van der Waals surface area contributed by atoms with Crippen molar-refractivity contribution in [3.8, 4) is 5.88 Å². The second-order valence-corrected chi connectivity index (χ2v) is 6.10. The summed E-state index contributed by atoms with van der Waals surface area (Å²) in [5, 5.41) is 4.36. The molecule has 0 saturated heterocycles. The number of aryl methyl sites for hydroxylation is 1. The third-order valence-electron chi connectivity index (χ3n) is 3.42. The summed E-state index contributed by atoms with van der Waals surface area (Å²) < 4.78 is 47.1. The maximum Gasteiger partial charge on any atom is 0.212 e. The van der Waals surface area contributed by atoms with Crippen LogP contribution in [0.2, 0.25) is 0 Å². The molecule has 2 rings (SSSR count). The standard InChI is InChI=1S/C16H19ClF3N3O/c1-10(2)3-4-23-16(6-12(22-23)8-21-17)24-9-11-5-14(19)15(20)7-13(11)18/h5-7,10,21H,3-4,8-9H2,1-2H3. The molecule has 0 spiro atoms. The Morgan fingerprint density at radius 3 is 2.54 bits per heavy atom. The topological polar surface area (TPSA) is 39.1 Å². The number of halogens is 4. The molecule has 0 aliphatic heterocycles. The van der Waals surface area contributed by atoms with Crippen molar-refractivity contribution in [2.24, 2.45) is 5.92 Å². The fourth-order valence-corrected chi connectivity index (χ4v) is 2.22. The lowest BCUT2D eigenvalue weighted by Gasteiger charge is -2.11. The molecular formula is C16H19ClF3N3O. The lowest BCUT2D eigenvalue weighted by molar-refractivity contribution is 0.263. The van der Waals surface area contributed by atoms with Gasteiger partial charge in [0.05, 0.1) is 12.2 Å². The van der Waals surface area contributed by atoms with Crippen molar-refractivity contribution in [2.45, 2.75) is 40.0 Å². The zero-order chi connectivity index (χ0) is 17.7. The summed E-state index contributed by atoms with van der Waals surface area (Å²) in [5.41, 5.74) is 0.594.